The Bertz CT molecular complexity index is 403. The summed E-state index contributed by atoms with van der Waals surface area (Å²) in [7, 11) is 0. The zero-order valence-corrected chi connectivity index (χ0v) is 14.3. The highest BCUT2D eigenvalue weighted by Crippen LogP contribution is 2.51. The summed E-state index contributed by atoms with van der Waals surface area (Å²) in [5.41, 5.74) is 0.344. The molecule has 0 aromatic rings. The Morgan fingerprint density at radius 2 is 1.95 bits per heavy atom. The molecule has 0 bridgehead atoms. The molecule has 3 atom stereocenters. The smallest absolute Gasteiger partial charge is 0.409 e. The van der Waals surface area contributed by atoms with E-state index in [4.69, 9.17) is 4.74 Å². The van der Waals surface area contributed by atoms with Crippen molar-refractivity contribution in [2.24, 2.45) is 17.3 Å². The lowest BCUT2D eigenvalue weighted by atomic mass is 9.57. The summed E-state index contributed by atoms with van der Waals surface area (Å²) in [5.74, 6) is 1.38. The Kier molecular flexibility index (Phi) is 4.64. The number of nitrogens with zero attached hydrogens (tertiary/aromatic N) is 2. The summed E-state index contributed by atoms with van der Waals surface area (Å²) in [6.07, 6.45) is 2.41. The Balaban J connectivity index is 1.58. The number of rotatable bonds is 2. The van der Waals surface area contributed by atoms with E-state index in [-0.39, 0.29) is 6.09 Å². The first-order chi connectivity index (χ1) is 10.6. The fourth-order valence-corrected chi connectivity index (χ4v) is 4.85. The molecule has 3 aliphatic rings. The van der Waals surface area contributed by atoms with Crippen LogP contribution in [-0.2, 0) is 4.74 Å². The van der Waals surface area contributed by atoms with Gasteiger partial charge in [0.05, 0.1) is 6.61 Å². The quantitative estimate of drug-likeness (QED) is 0.844. The number of nitrogens with one attached hydrogen (secondary N) is 1. The molecule has 1 spiro atoms. The van der Waals surface area contributed by atoms with Crippen molar-refractivity contribution in [2.45, 2.75) is 39.7 Å². The van der Waals surface area contributed by atoms with Crippen LogP contribution in [0.5, 0.6) is 0 Å². The molecule has 5 nitrogen and oxygen atoms in total. The number of likely N-dealkylation sites (tertiary alicyclic amines) is 1. The lowest BCUT2D eigenvalue weighted by Crippen LogP contribution is -2.66. The van der Waals surface area contributed by atoms with E-state index in [9.17, 15) is 4.79 Å². The molecule has 3 rings (SSSR count). The lowest BCUT2D eigenvalue weighted by molar-refractivity contribution is -0.0993. The molecule has 2 unspecified atom stereocenters. The fraction of sp³-hybridized carbons (Fsp3) is 0.941. The molecule has 126 valence electrons. The molecular formula is C17H31N3O2. The molecule has 0 radical (unpaired) electrons. The van der Waals surface area contributed by atoms with Gasteiger partial charge in [0.2, 0.25) is 0 Å². The van der Waals surface area contributed by atoms with E-state index in [0.717, 1.165) is 32.2 Å². The molecule has 0 aromatic carbocycles. The van der Waals surface area contributed by atoms with Gasteiger partial charge in [-0.05, 0) is 31.6 Å². The van der Waals surface area contributed by atoms with Crippen LogP contribution in [0.4, 0.5) is 4.79 Å². The third-order valence-corrected chi connectivity index (χ3v) is 6.46. The minimum atomic E-state index is -0.128. The zero-order valence-electron chi connectivity index (χ0n) is 14.3. The fourth-order valence-electron chi connectivity index (χ4n) is 4.85. The predicted molar refractivity (Wildman–Crippen MR) is 86.8 cm³/mol. The van der Waals surface area contributed by atoms with Gasteiger partial charge in [0, 0.05) is 50.7 Å². The first-order valence-electron chi connectivity index (χ1n) is 8.94. The molecule has 2 heterocycles. The first kappa shape index (κ1) is 16.1. The molecule has 2 aliphatic heterocycles. The Hall–Kier alpha value is -0.810. The van der Waals surface area contributed by atoms with E-state index in [0.29, 0.717) is 23.9 Å². The molecule has 5 heteroatoms. The highest BCUT2D eigenvalue weighted by molar-refractivity contribution is 5.69. The SMILES string of the molecule is CCOC(=O)N1CC2(CC[C@@H](N3CCNCC3)C(C)C2C)C1. The number of carbonyl (C=O) groups is 1. The lowest BCUT2D eigenvalue weighted by Gasteiger charge is -2.59. The minimum absolute atomic E-state index is 0.128. The number of hydrogen-bond acceptors (Lipinski definition) is 4. The van der Waals surface area contributed by atoms with Crippen molar-refractivity contribution in [2.75, 3.05) is 45.9 Å². The van der Waals surface area contributed by atoms with E-state index in [1.165, 1.54) is 25.9 Å². The highest BCUT2D eigenvalue weighted by atomic mass is 16.6. The van der Waals surface area contributed by atoms with E-state index < -0.39 is 0 Å². The van der Waals surface area contributed by atoms with Crippen molar-refractivity contribution in [3.05, 3.63) is 0 Å². The van der Waals surface area contributed by atoms with Gasteiger partial charge >= 0.3 is 6.09 Å². The molecule has 1 aliphatic carbocycles. The first-order valence-corrected chi connectivity index (χ1v) is 8.94. The van der Waals surface area contributed by atoms with Crippen molar-refractivity contribution in [1.29, 1.82) is 0 Å². The molecular weight excluding hydrogens is 278 g/mol. The molecule has 1 saturated carbocycles. The number of carbonyl (C=O) groups excluding carboxylic acids is 1. The minimum Gasteiger partial charge on any atom is -0.450 e. The molecule has 1 N–H and O–H groups in total. The van der Waals surface area contributed by atoms with Crippen LogP contribution < -0.4 is 5.32 Å². The van der Waals surface area contributed by atoms with Crippen molar-refractivity contribution >= 4 is 6.09 Å². The van der Waals surface area contributed by atoms with E-state index in [2.05, 4.69) is 24.1 Å². The van der Waals surface area contributed by atoms with E-state index >= 15 is 0 Å². The average Bonchev–Trinajstić information content (AvgIpc) is 2.49. The third-order valence-electron chi connectivity index (χ3n) is 6.46. The maximum atomic E-state index is 11.8. The summed E-state index contributed by atoms with van der Waals surface area (Å²) < 4.78 is 5.13. The van der Waals surface area contributed by atoms with Crippen molar-refractivity contribution < 1.29 is 9.53 Å². The van der Waals surface area contributed by atoms with Crippen molar-refractivity contribution in [3.63, 3.8) is 0 Å². The molecule has 3 fully saturated rings. The average molecular weight is 309 g/mol. The van der Waals surface area contributed by atoms with Crippen molar-refractivity contribution in [1.82, 2.24) is 15.1 Å². The third kappa shape index (κ3) is 2.73. The molecule has 2 saturated heterocycles. The van der Waals surface area contributed by atoms with Crippen LogP contribution in [-0.4, -0.2) is 67.8 Å². The normalized spacial score (nSPS) is 35.2. The van der Waals surface area contributed by atoms with Crippen LogP contribution in [0, 0.1) is 17.3 Å². The van der Waals surface area contributed by atoms with Crippen LogP contribution >= 0.6 is 0 Å². The zero-order chi connectivity index (χ0) is 15.7. The van der Waals surface area contributed by atoms with Crippen LogP contribution in [0.2, 0.25) is 0 Å². The number of ether oxygens (including phenoxy) is 1. The van der Waals surface area contributed by atoms with Gasteiger partial charge in [0.25, 0.3) is 0 Å². The molecule has 1 amide bonds. The Labute approximate surface area is 134 Å². The second-order valence-corrected chi connectivity index (χ2v) is 7.46. The Morgan fingerprint density at radius 3 is 2.59 bits per heavy atom. The summed E-state index contributed by atoms with van der Waals surface area (Å²) >= 11 is 0. The van der Waals surface area contributed by atoms with Gasteiger partial charge in [-0.15, -0.1) is 0 Å². The van der Waals surface area contributed by atoms with E-state index in [1.54, 1.807) is 0 Å². The number of piperazine rings is 1. The highest BCUT2D eigenvalue weighted by Gasteiger charge is 2.54. The maximum absolute atomic E-state index is 11.8. The van der Waals surface area contributed by atoms with Gasteiger partial charge < -0.3 is 15.0 Å². The van der Waals surface area contributed by atoms with Crippen LogP contribution in [0.3, 0.4) is 0 Å². The largest absolute Gasteiger partial charge is 0.450 e. The number of amides is 1. The summed E-state index contributed by atoms with van der Waals surface area (Å²) in [6, 6.07) is 0.722. The van der Waals surface area contributed by atoms with E-state index in [1.807, 2.05) is 11.8 Å². The number of hydrogen-bond donors (Lipinski definition) is 1. The van der Waals surface area contributed by atoms with Crippen LogP contribution in [0.25, 0.3) is 0 Å². The Morgan fingerprint density at radius 1 is 1.27 bits per heavy atom. The second kappa shape index (κ2) is 6.36. The van der Waals surface area contributed by atoms with Gasteiger partial charge in [-0.3, -0.25) is 4.90 Å². The maximum Gasteiger partial charge on any atom is 0.409 e. The summed E-state index contributed by atoms with van der Waals surface area (Å²) in [4.78, 5) is 16.4. The standard InChI is InChI=1S/C17H31N3O2/c1-4-22-16(21)20-11-17(12-20)6-5-15(13(2)14(17)3)19-9-7-18-8-10-19/h13-15,18H,4-12H2,1-3H3/t13?,14?,15-/m1/s1. The van der Waals surface area contributed by atoms with Crippen LogP contribution in [0.1, 0.15) is 33.6 Å². The van der Waals surface area contributed by atoms with Gasteiger partial charge in [-0.2, -0.15) is 0 Å². The molecule has 0 aromatic heterocycles. The van der Waals surface area contributed by atoms with Gasteiger partial charge in [-0.1, -0.05) is 13.8 Å². The second-order valence-electron chi connectivity index (χ2n) is 7.46. The monoisotopic (exact) mass is 309 g/mol. The predicted octanol–water partition coefficient (Wildman–Crippen LogP) is 1.78. The van der Waals surface area contributed by atoms with Gasteiger partial charge in [0.15, 0.2) is 0 Å². The topological polar surface area (TPSA) is 44.8 Å². The van der Waals surface area contributed by atoms with Crippen molar-refractivity contribution in [3.8, 4) is 0 Å². The molecule has 22 heavy (non-hydrogen) atoms. The van der Waals surface area contributed by atoms with Gasteiger partial charge in [-0.25, -0.2) is 4.79 Å². The van der Waals surface area contributed by atoms with Gasteiger partial charge in [0.1, 0.15) is 0 Å². The van der Waals surface area contributed by atoms with Crippen LogP contribution in [0.15, 0.2) is 0 Å². The summed E-state index contributed by atoms with van der Waals surface area (Å²) in [6.45, 7) is 13.6. The summed E-state index contributed by atoms with van der Waals surface area (Å²) in [5, 5.41) is 3.45.